The Morgan fingerprint density at radius 2 is 1.88 bits per heavy atom. The Hall–Kier alpha value is -2.36. The zero-order valence-electron chi connectivity index (χ0n) is 17.7. The van der Waals surface area contributed by atoms with Gasteiger partial charge in [0.25, 0.3) is 5.91 Å². The normalized spacial score (nSPS) is 17.8. The predicted molar refractivity (Wildman–Crippen MR) is 129 cm³/mol. The number of carbonyl (C=O) groups is 2. The van der Waals surface area contributed by atoms with Gasteiger partial charge in [0.1, 0.15) is 22.0 Å². The van der Waals surface area contributed by atoms with Crippen molar-refractivity contribution in [3.05, 3.63) is 45.6 Å². The molecule has 2 saturated heterocycles. The average Bonchev–Trinajstić information content (AvgIpc) is 3.21. The number of anilines is 1. The standard InChI is InChI=1S/C22H22ClN5O2S2/c1-12-13(2)32-19-17(12)18(24-16(25-19)11-31-15-5-3-14(23)4-6-15)28-9-7-22(8-10-28)20(29)26-21(30)27-22/h3-6H,7-11H2,1-2H3,(H2,26,27,29,30). The summed E-state index contributed by atoms with van der Waals surface area (Å²) < 4.78 is 0. The second-order valence-corrected chi connectivity index (χ2v) is 10.8. The van der Waals surface area contributed by atoms with Crippen LogP contribution in [0.5, 0.6) is 0 Å². The number of rotatable bonds is 4. The summed E-state index contributed by atoms with van der Waals surface area (Å²) in [5, 5.41) is 7.01. The maximum absolute atomic E-state index is 12.3. The van der Waals surface area contributed by atoms with Gasteiger partial charge in [-0.3, -0.25) is 10.1 Å². The number of halogens is 1. The first-order valence-corrected chi connectivity index (χ1v) is 12.6. The molecule has 0 saturated carbocycles. The van der Waals surface area contributed by atoms with E-state index < -0.39 is 11.6 Å². The number of imide groups is 1. The highest BCUT2D eigenvalue weighted by molar-refractivity contribution is 7.98. The molecular weight excluding hydrogens is 466 g/mol. The van der Waals surface area contributed by atoms with E-state index in [2.05, 4.69) is 29.4 Å². The van der Waals surface area contributed by atoms with Crippen LogP contribution in [0.4, 0.5) is 10.6 Å². The molecule has 2 aliphatic heterocycles. The first-order chi connectivity index (χ1) is 15.3. The maximum Gasteiger partial charge on any atom is 0.322 e. The Labute approximate surface area is 198 Å². The number of hydrogen-bond donors (Lipinski definition) is 2. The van der Waals surface area contributed by atoms with E-state index >= 15 is 0 Å². The monoisotopic (exact) mass is 487 g/mol. The number of urea groups is 1. The van der Waals surface area contributed by atoms with E-state index in [9.17, 15) is 9.59 Å². The number of benzene rings is 1. The van der Waals surface area contributed by atoms with Crippen LogP contribution >= 0.6 is 34.7 Å². The van der Waals surface area contributed by atoms with Crippen LogP contribution in [0, 0.1) is 13.8 Å². The summed E-state index contributed by atoms with van der Waals surface area (Å²) >= 11 is 9.36. The Kier molecular flexibility index (Phi) is 5.51. The Morgan fingerprint density at radius 1 is 1.16 bits per heavy atom. The van der Waals surface area contributed by atoms with Crippen LogP contribution in [-0.4, -0.2) is 40.5 Å². The van der Waals surface area contributed by atoms with Crippen LogP contribution in [0.15, 0.2) is 29.2 Å². The average molecular weight is 488 g/mol. The van der Waals surface area contributed by atoms with Crippen LogP contribution in [-0.2, 0) is 10.5 Å². The number of thiophene rings is 1. The zero-order chi connectivity index (χ0) is 22.5. The van der Waals surface area contributed by atoms with Crippen LogP contribution in [0.1, 0.15) is 29.1 Å². The van der Waals surface area contributed by atoms with E-state index in [-0.39, 0.29) is 5.91 Å². The highest BCUT2D eigenvalue weighted by Crippen LogP contribution is 2.38. The fraction of sp³-hybridized carbons (Fsp3) is 0.364. The number of piperidine rings is 1. The predicted octanol–water partition coefficient (Wildman–Crippen LogP) is 4.43. The molecule has 3 amide bonds. The number of hydrogen-bond acceptors (Lipinski definition) is 7. The van der Waals surface area contributed by atoms with Crippen molar-refractivity contribution in [2.75, 3.05) is 18.0 Å². The maximum atomic E-state index is 12.3. The van der Waals surface area contributed by atoms with Gasteiger partial charge in [-0.05, 0) is 56.5 Å². The fourth-order valence-electron chi connectivity index (χ4n) is 4.22. The lowest BCUT2D eigenvalue weighted by molar-refractivity contribution is -0.124. The first-order valence-electron chi connectivity index (χ1n) is 10.4. The minimum absolute atomic E-state index is 0.224. The number of nitrogens with one attached hydrogen (secondary N) is 2. The minimum Gasteiger partial charge on any atom is -0.356 e. The van der Waals surface area contributed by atoms with Gasteiger partial charge >= 0.3 is 6.03 Å². The molecule has 1 spiro atoms. The molecule has 32 heavy (non-hydrogen) atoms. The summed E-state index contributed by atoms with van der Waals surface area (Å²) in [6.45, 7) is 5.49. The second kappa shape index (κ2) is 8.20. The molecule has 5 rings (SSSR count). The topological polar surface area (TPSA) is 87.2 Å². The molecule has 4 heterocycles. The summed E-state index contributed by atoms with van der Waals surface area (Å²) in [4.78, 5) is 39.4. The lowest BCUT2D eigenvalue weighted by Gasteiger charge is -2.37. The molecule has 0 bridgehead atoms. The largest absolute Gasteiger partial charge is 0.356 e. The van der Waals surface area contributed by atoms with Gasteiger partial charge in [-0.1, -0.05) is 11.6 Å². The molecule has 0 aliphatic carbocycles. The van der Waals surface area contributed by atoms with Crippen LogP contribution in [0.3, 0.4) is 0 Å². The first kappa shape index (κ1) is 21.5. The lowest BCUT2D eigenvalue weighted by atomic mass is 9.87. The molecule has 10 heteroatoms. The van der Waals surface area contributed by atoms with Crippen molar-refractivity contribution in [2.45, 2.75) is 42.9 Å². The molecule has 2 fully saturated rings. The third kappa shape index (κ3) is 3.82. The quantitative estimate of drug-likeness (QED) is 0.418. The van der Waals surface area contributed by atoms with E-state index in [1.54, 1.807) is 23.1 Å². The summed E-state index contributed by atoms with van der Waals surface area (Å²) in [6.07, 6.45) is 1.10. The van der Waals surface area contributed by atoms with Gasteiger partial charge in [0.05, 0.1) is 11.1 Å². The van der Waals surface area contributed by atoms with Gasteiger partial charge < -0.3 is 10.2 Å². The van der Waals surface area contributed by atoms with Crippen LogP contribution in [0.25, 0.3) is 10.2 Å². The lowest BCUT2D eigenvalue weighted by Crippen LogP contribution is -2.55. The van der Waals surface area contributed by atoms with E-state index in [1.807, 2.05) is 24.3 Å². The molecule has 3 aromatic rings. The summed E-state index contributed by atoms with van der Waals surface area (Å²) in [6, 6.07) is 7.35. The molecular formula is C22H22ClN5O2S2. The van der Waals surface area contributed by atoms with E-state index in [0.717, 1.165) is 26.8 Å². The number of thioether (sulfide) groups is 1. The molecule has 7 nitrogen and oxygen atoms in total. The highest BCUT2D eigenvalue weighted by Gasteiger charge is 2.48. The molecule has 0 radical (unpaired) electrons. The third-order valence-electron chi connectivity index (χ3n) is 6.17. The van der Waals surface area contributed by atoms with Gasteiger partial charge in [-0.15, -0.1) is 23.1 Å². The van der Waals surface area contributed by atoms with Gasteiger partial charge in [0.15, 0.2) is 0 Å². The number of fused-ring (bicyclic) bond motifs is 1. The van der Waals surface area contributed by atoms with Crippen molar-refractivity contribution >= 4 is 62.7 Å². The molecule has 2 aromatic heterocycles. The summed E-state index contributed by atoms with van der Waals surface area (Å²) in [5.41, 5.74) is 0.399. The van der Waals surface area contributed by atoms with Gasteiger partial charge in [-0.2, -0.15) is 0 Å². The fourth-order valence-corrected chi connectivity index (χ4v) is 6.15. The van der Waals surface area contributed by atoms with Crippen molar-refractivity contribution in [1.29, 1.82) is 0 Å². The molecule has 1 aromatic carbocycles. The smallest absolute Gasteiger partial charge is 0.322 e. The van der Waals surface area contributed by atoms with Crippen molar-refractivity contribution < 1.29 is 9.59 Å². The van der Waals surface area contributed by atoms with E-state index in [0.29, 0.717) is 36.7 Å². The molecule has 0 unspecified atom stereocenters. The van der Waals surface area contributed by atoms with Crippen molar-refractivity contribution in [2.24, 2.45) is 0 Å². The van der Waals surface area contributed by atoms with Crippen molar-refractivity contribution in [3.8, 4) is 0 Å². The Bertz CT molecular complexity index is 1220. The van der Waals surface area contributed by atoms with E-state index in [4.69, 9.17) is 21.6 Å². The zero-order valence-corrected chi connectivity index (χ0v) is 20.1. The van der Waals surface area contributed by atoms with E-state index in [1.165, 1.54) is 10.4 Å². The highest BCUT2D eigenvalue weighted by atomic mass is 35.5. The minimum atomic E-state index is -0.799. The van der Waals surface area contributed by atoms with Crippen molar-refractivity contribution in [3.63, 3.8) is 0 Å². The Balaban J connectivity index is 1.43. The van der Waals surface area contributed by atoms with Crippen molar-refractivity contribution in [1.82, 2.24) is 20.6 Å². The molecule has 0 atom stereocenters. The third-order valence-corrected chi connectivity index (χ3v) is 8.53. The Morgan fingerprint density at radius 3 is 2.53 bits per heavy atom. The second-order valence-electron chi connectivity index (χ2n) is 8.15. The SMILES string of the molecule is Cc1sc2nc(CSc3ccc(Cl)cc3)nc(N3CCC4(CC3)NC(=O)NC4=O)c2c1C. The molecule has 166 valence electrons. The number of amides is 3. The number of aryl methyl sites for hydroxylation is 2. The van der Waals surface area contributed by atoms with Crippen LogP contribution in [0.2, 0.25) is 5.02 Å². The summed E-state index contributed by atoms with van der Waals surface area (Å²) in [5.74, 6) is 2.12. The molecule has 2 N–H and O–H groups in total. The van der Waals surface area contributed by atoms with Crippen LogP contribution < -0.4 is 15.5 Å². The molecule has 2 aliphatic rings. The van der Waals surface area contributed by atoms with Gasteiger partial charge in [0, 0.05) is 27.9 Å². The number of carbonyl (C=O) groups excluding carboxylic acids is 2. The van der Waals surface area contributed by atoms with Gasteiger partial charge in [-0.25, -0.2) is 14.8 Å². The van der Waals surface area contributed by atoms with Gasteiger partial charge in [0.2, 0.25) is 0 Å². The number of aromatic nitrogens is 2. The summed E-state index contributed by atoms with van der Waals surface area (Å²) in [7, 11) is 0. The number of nitrogens with zero attached hydrogens (tertiary/aromatic N) is 3.